The van der Waals surface area contributed by atoms with Gasteiger partial charge in [-0.3, -0.25) is 4.79 Å². The Kier molecular flexibility index (Phi) is 6.93. The van der Waals surface area contributed by atoms with E-state index in [1.165, 1.54) is 18.3 Å². The molecule has 0 atom stereocenters. The maximum absolute atomic E-state index is 12.6. The van der Waals surface area contributed by atoms with Crippen molar-refractivity contribution in [2.75, 3.05) is 13.2 Å². The molecular formula is C22H24N4O6. The number of carbonyl (C=O) groups is 1. The normalized spacial score (nSPS) is 11.2. The Hall–Kier alpha value is -4.08. The molecule has 3 N–H and O–H groups in total. The first-order chi connectivity index (χ1) is 15.4. The Morgan fingerprint density at radius 3 is 2.72 bits per heavy atom. The molecule has 10 heteroatoms. The number of nitrogens with one attached hydrogen (secondary N) is 1. The van der Waals surface area contributed by atoms with E-state index in [1.807, 2.05) is 13.8 Å². The van der Waals surface area contributed by atoms with E-state index in [2.05, 4.69) is 27.4 Å². The number of hydrogen-bond acceptors (Lipinski definition) is 9. The van der Waals surface area contributed by atoms with Gasteiger partial charge in [-0.1, -0.05) is 42.0 Å². The van der Waals surface area contributed by atoms with Crippen molar-refractivity contribution in [1.82, 2.24) is 15.6 Å². The number of phenolic OH excluding ortho intramolecular Hbond substituents is 2. The highest BCUT2D eigenvalue weighted by Crippen LogP contribution is 2.43. The lowest BCUT2D eigenvalue weighted by Gasteiger charge is -2.11. The quantitative estimate of drug-likeness (QED) is 0.197. The summed E-state index contributed by atoms with van der Waals surface area (Å²) in [6.45, 7) is 9.70. The van der Waals surface area contributed by atoms with Gasteiger partial charge >= 0.3 is 0 Å². The fourth-order valence-corrected chi connectivity index (χ4v) is 2.99. The number of nitrogens with zero attached hydrogens (tertiary/aromatic N) is 3. The zero-order valence-electron chi connectivity index (χ0n) is 18.0. The summed E-state index contributed by atoms with van der Waals surface area (Å²) in [5, 5.41) is 34.9. The molecule has 168 valence electrons. The molecule has 32 heavy (non-hydrogen) atoms. The van der Waals surface area contributed by atoms with E-state index in [0.717, 1.165) is 0 Å². The molecule has 2 heterocycles. The predicted molar refractivity (Wildman–Crippen MR) is 117 cm³/mol. The van der Waals surface area contributed by atoms with Gasteiger partial charge in [0.1, 0.15) is 29.4 Å². The average molecular weight is 440 g/mol. The highest BCUT2D eigenvalue weighted by atomic mass is 16.6. The Morgan fingerprint density at radius 2 is 2.03 bits per heavy atom. The second kappa shape index (κ2) is 9.82. The van der Waals surface area contributed by atoms with Gasteiger partial charge in [0.05, 0.1) is 11.8 Å². The summed E-state index contributed by atoms with van der Waals surface area (Å²) < 4.78 is 10.9. The number of phenols is 2. The maximum Gasteiger partial charge on any atom is 0.274 e. The van der Waals surface area contributed by atoms with Gasteiger partial charge in [-0.2, -0.15) is 0 Å². The Bertz CT molecular complexity index is 1150. The molecule has 0 saturated heterocycles. The van der Waals surface area contributed by atoms with Crippen molar-refractivity contribution in [2.45, 2.75) is 26.7 Å². The van der Waals surface area contributed by atoms with Gasteiger partial charge in [0.2, 0.25) is 0 Å². The van der Waals surface area contributed by atoms with Crippen LogP contribution in [0.1, 0.15) is 48.4 Å². The lowest BCUT2D eigenvalue weighted by atomic mass is 9.95. The second-order valence-electron chi connectivity index (χ2n) is 7.11. The van der Waals surface area contributed by atoms with E-state index in [9.17, 15) is 15.0 Å². The van der Waals surface area contributed by atoms with E-state index in [4.69, 9.17) is 13.9 Å². The number of amides is 1. The summed E-state index contributed by atoms with van der Waals surface area (Å²) in [7, 11) is 0. The number of hydrogen-bond donors (Lipinski definition) is 3. The van der Waals surface area contributed by atoms with Crippen molar-refractivity contribution < 1.29 is 28.9 Å². The maximum atomic E-state index is 12.6. The minimum Gasteiger partial charge on any atom is -0.508 e. The van der Waals surface area contributed by atoms with E-state index in [0.29, 0.717) is 17.8 Å². The topological polar surface area (TPSA) is 143 Å². The van der Waals surface area contributed by atoms with Gasteiger partial charge in [-0.25, -0.2) is 0 Å². The van der Waals surface area contributed by atoms with E-state index in [1.54, 1.807) is 19.1 Å². The Balaban J connectivity index is 2.14. The van der Waals surface area contributed by atoms with Crippen LogP contribution in [0.15, 0.2) is 45.1 Å². The smallest absolute Gasteiger partial charge is 0.274 e. The average Bonchev–Trinajstić information content (AvgIpc) is 3.38. The third-order valence-electron chi connectivity index (χ3n) is 4.48. The Labute approximate surface area is 184 Å². The van der Waals surface area contributed by atoms with Gasteiger partial charge in [-0.15, -0.1) is 0 Å². The van der Waals surface area contributed by atoms with Gasteiger partial charge in [0, 0.05) is 18.7 Å². The summed E-state index contributed by atoms with van der Waals surface area (Å²) >= 11 is 0. The minimum atomic E-state index is -0.485. The van der Waals surface area contributed by atoms with Crippen LogP contribution in [0, 0.1) is 0 Å². The molecule has 0 aliphatic rings. The molecule has 0 bridgehead atoms. The fraction of sp³-hybridized carbons (Fsp3) is 0.273. The zero-order valence-corrected chi connectivity index (χ0v) is 18.0. The number of benzene rings is 1. The molecule has 3 rings (SSSR count). The van der Waals surface area contributed by atoms with Crippen molar-refractivity contribution in [3.63, 3.8) is 0 Å². The first-order valence-electron chi connectivity index (χ1n) is 9.94. The summed E-state index contributed by atoms with van der Waals surface area (Å²) in [4.78, 5) is 17.5. The third kappa shape index (κ3) is 4.64. The lowest BCUT2D eigenvalue weighted by molar-refractivity contribution is 0.0947. The van der Waals surface area contributed by atoms with Crippen LogP contribution in [0.25, 0.3) is 22.6 Å². The summed E-state index contributed by atoms with van der Waals surface area (Å²) in [6.07, 6.45) is 2.88. The first-order valence-corrected chi connectivity index (χ1v) is 9.94. The molecule has 3 aromatic rings. The molecule has 0 radical (unpaired) electrons. The highest BCUT2D eigenvalue weighted by molar-refractivity contribution is 6.02. The highest BCUT2D eigenvalue weighted by Gasteiger charge is 2.29. The molecule has 0 saturated carbocycles. The molecule has 1 amide bonds. The molecule has 2 aromatic heterocycles. The second-order valence-corrected chi connectivity index (χ2v) is 7.11. The lowest BCUT2D eigenvalue weighted by Crippen LogP contribution is -2.23. The number of carbonyl (C=O) groups excluding carboxylic acids is 1. The van der Waals surface area contributed by atoms with E-state index in [-0.39, 0.29) is 52.4 Å². The van der Waals surface area contributed by atoms with Crippen LogP contribution < -0.4 is 5.32 Å². The molecule has 0 spiro atoms. The van der Waals surface area contributed by atoms with Crippen LogP contribution in [0.2, 0.25) is 0 Å². The van der Waals surface area contributed by atoms with Crippen LogP contribution in [0.5, 0.6) is 11.5 Å². The number of aromatic nitrogens is 2. The zero-order chi connectivity index (χ0) is 23.3. The van der Waals surface area contributed by atoms with Crippen molar-refractivity contribution in [2.24, 2.45) is 5.16 Å². The Morgan fingerprint density at radius 1 is 1.25 bits per heavy atom. The van der Waals surface area contributed by atoms with Crippen LogP contribution in [-0.2, 0) is 4.84 Å². The molecule has 0 unspecified atom stereocenters. The van der Waals surface area contributed by atoms with Crippen molar-refractivity contribution >= 4 is 12.1 Å². The standard InChI is InChI=1S/C22H24N4O6/c1-5-7-30-24-11-13-8-18(31-25-13)19-20(22(29)23-6-2)26-32-21(19)15-9-14(12(3)4)16(27)10-17(15)28/h5,8-12,27-28H,1,6-7H2,2-4H3,(H,23,29)/b24-11+. The van der Waals surface area contributed by atoms with Gasteiger partial charge < -0.3 is 29.4 Å². The van der Waals surface area contributed by atoms with Gasteiger partial charge in [0.25, 0.3) is 5.91 Å². The number of aromatic hydroxyl groups is 2. The van der Waals surface area contributed by atoms with Gasteiger partial charge in [0.15, 0.2) is 17.2 Å². The van der Waals surface area contributed by atoms with Crippen molar-refractivity contribution in [3.8, 4) is 34.1 Å². The summed E-state index contributed by atoms with van der Waals surface area (Å²) in [5.41, 5.74) is 1.32. The first kappa shape index (κ1) is 22.6. The van der Waals surface area contributed by atoms with Gasteiger partial charge in [-0.05, 0) is 24.5 Å². The van der Waals surface area contributed by atoms with Crippen LogP contribution in [0.4, 0.5) is 0 Å². The largest absolute Gasteiger partial charge is 0.508 e. The SMILES string of the molecule is C=CCO/N=C/c1cc(-c2c(C(=O)NCC)noc2-c2cc(C(C)C)c(O)cc2O)on1. The molecule has 0 aliphatic heterocycles. The summed E-state index contributed by atoms with van der Waals surface area (Å²) in [6, 6.07) is 4.33. The third-order valence-corrected chi connectivity index (χ3v) is 4.48. The van der Waals surface area contributed by atoms with Crippen molar-refractivity contribution in [1.29, 1.82) is 0 Å². The molecule has 1 aromatic carbocycles. The molecular weight excluding hydrogens is 416 g/mol. The number of rotatable bonds is 9. The van der Waals surface area contributed by atoms with E-state index < -0.39 is 5.91 Å². The summed E-state index contributed by atoms with van der Waals surface area (Å²) in [5.74, 6) is -0.553. The molecule has 0 fully saturated rings. The minimum absolute atomic E-state index is 0.0350. The molecule has 10 nitrogen and oxygen atoms in total. The molecule has 0 aliphatic carbocycles. The predicted octanol–water partition coefficient (Wildman–Crippen LogP) is 3.82. The van der Waals surface area contributed by atoms with Crippen molar-refractivity contribution in [3.05, 3.63) is 47.8 Å². The fourth-order valence-electron chi connectivity index (χ4n) is 2.99. The number of oxime groups is 1. The monoisotopic (exact) mass is 440 g/mol. The van der Waals surface area contributed by atoms with Crippen LogP contribution in [0.3, 0.4) is 0 Å². The van der Waals surface area contributed by atoms with E-state index >= 15 is 0 Å². The van der Waals surface area contributed by atoms with Crippen LogP contribution >= 0.6 is 0 Å². The van der Waals surface area contributed by atoms with Crippen LogP contribution in [-0.4, -0.2) is 45.8 Å².